The largest absolute Gasteiger partial charge is 0.444 e. The first-order valence-electron chi connectivity index (χ1n) is 6.92. The zero-order chi connectivity index (χ0) is 16.2. The molecule has 7 heteroatoms. The molecule has 1 amide bonds. The summed E-state index contributed by atoms with van der Waals surface area (Å²) >= 11 is 0. The number of hydrogen-bond donors (Lipinski definition) is 3. The summed E-state index contributed by atoms with van der Waals surface area (Å²) < 4.78 is 5.21. The zero-order valence-electron chi connectivity index (χ0n) is 12.8. The number of hydrogen-bond acceptors (Lipinski definition) is 6. The van der Waals surface area contributed by atoms with E-state index in [-0.39, 0.29) is 0 Å². The summed E-state index contributed by atoms with van der Waals surface area (Å²) in [5, 5.41) is 4.39. The quantitative estimate of drug-likeness (QED) is 0.733. The second kappa shape index (κ2) is 6.48. The molecule has 1 heterocycles. The second-order valence-electron chi connectivity index (χ2n) is 5.79. The number of carbonyl (C=O) groups is 2. The maximum absolute atomic E-state index is 11.7. The Balaban J connectivity index is 2.05. The third kappa shape index (κ3) is 4.23. The molecule has 0 radical (unpaired) electrons. The SMILES string of the molecule is CC(C)(C)OC(=O)NCc1ccccc1N1C=C(C=O)NN1. The van der Waals surface area contributed by atoms with Crippen LogP contribution in [-0.4, -0.2) is 18.0 Å². The molecule has 0 bridgehead atoms. The molecule has 0 saturated heterocycles. The van der Waals surface area contributed by atoms with Crippen molar-refractivity contribution in [3.05, 3.63) is 41.7 Å². The van der Waals surface area contributed by atoms with Gasteiger partial charge in [-0.25, -0.2) is 4.79 Å². The van der Waals surface area contributed by atoms with Gasteiger partial charge in [-0.3, -0.25) is 15.2 Å². The Hall–Kier alpha value is -2.54. The van der Waals surface area contributed by atoms with E-state index in [2.05, 4.69) is 16.3 Å². The van der Waals surface area contributed by atoms with E-state index in [9.17, 15) is 9.59 Å². The van der Waals surface area contributed by atoms with Gasteiger partial charge in [-0.1, -0.05) is 18.2 Å². The summed E-state index contributed by atoms with van der Waals surface area (Å²) in [7, 11) is 0. The van der Waals surface area contributed by atoms with Crippen LogP contribution in [0.25, 0.3) is 0 Å². The molecule has 3 N–H and O–H groups in total. The fraction of sp³-hybridized carbons (Fsp3) is 0.333. The van der Waals surface area contributed by atoms with Crippen molar-refractivity contribution >= 4 is 18.1 Å². The summed E-state index contributed by atoms with van der Waals surface area (Å²) in [6.45, 7) is 5.75. The molecule has 0 saturated carbocycles. The average Bonchev–Trinajstić information content (AvgIpc) is 2.92. The van der Waals surface area contributed by atoms with Crippen molar-refractivity contribution in [2.45, 2.75) is 32.9 Å². The lowest BCUT2D eigenvalue weighted by atomic mass is 10.1. The van der Waals surface area contributed by atoms with Crippen molar-refractivity contribution in [1.29, 1.82) is 0 Å². The fourth-order valence-electron chi connectivity index (χ4n) is 1.89. The number of benzene rings is 1. The lowest BCUT2D eigenvalue weighted by Crippen LogP contribution is -2.37. The van der Waals surface area contributed by atoms with E-state index in [0.29, 0.717) is 18.5 Å². The van der Waals surface area contributed by atoms with Gasteiger partial charge in [0, 0.05) is 6.54 Å². The maximum Gasteiger partial charge on any atom is 0.407 e. The van der Waals surface area contributed by atoms with Crippen molar-refractivity contribution < 1.29 is 14.3 Å². The second-order valence-corrected chi connectivity index (χ2v) is 5.79. The van der Waals surface area contributed by atoms with Gasteiger partial charge in [-0.2, -0.15) is 0 Å². The molecule has 22 heavy (non-hydrogen) atoms. The fourth-order valence-corrected chi connectivity index (χ4v) is 1.89. The number of alkyl carbamates (subject to hydrolysis) is 1. The predicted octanol–water partition coefficient (Wildman–Crippen LogP) is 1.58. The molecule has 0 atom stereocenters. The first kappa shape index (κ1) is 15.8. The lowest BCUT2D eigenvalue weighted by molar-refractivity contribution is -0.105. The number of hydrazine groups is 2. The highest BCUT2D eigenvalue weighted by Gasteiger charge is 2.18. The summed E-state index contributed by atoms with van der Waals surface area (Å²) in [6, 6.07) is 7.52. The maximum atomic E-state index is 11.7. The highest BCUT2D eigenvalue weighted by Crippen LogP contribution is 2.21. The molecule has 0 aliphatic carbocycles. The molecule has 1 aliphatic heterocycles. The number of carbonyl (C=O) groups excluding carboxylic acids is 2. The molecule has 1 aliphatic rings. The molecule has 1 aromatic carbocycles. The number of anilines is 1. The normalized spacial score (nSPS) is 14.1. The molecule has 7 nitrogen and oxygen atoms in total. The Morgan fingerprint density at radius 1 is 1.36 bits per heavy atom. The van der Waals surface area contributed by atoms with Gasteiger partial charge in [0.1, 0.15) is 11.3 Å². The van der Waals surface area contributed by atoms with Crippen LogP contribution in [-0.2, 0) is 16.1 Å². The number of amides is 1. The summed E-state index contributed by atoms with van der Waals surface area (Å²) in [6.07, 6.45) is 1.88. The Morgan fingerprint density at radius 3 is 2.73 bits per heavy atom. The minimum Gasteiger partial charge on any atom is -0.444 e. The number of ether oxygens (including phenoxy) is 1. The molecule has 0 aromatic heterocycles. The molecule has 0 fully saturated rings. The Morgan fingerprint density at radius 2 is 2.09 bits per heavy atom. The van der Waals surface area contributed by atoms with Crippen LogP contribution in [0.5, 0.6) is 0 Å². The number of rotatable bonds is 4. The molecule has 118 valence electrons. The Labute approximate surface area is 129 Å². The van der Waals surface area contributed by atoms with Gasteiger partial charge in [0.05, 0.1) is 11.9 Å². The van der Waals surface area contributed by atoms with Crippen LogP contribution in [0.1, 0.15) is 26.3 Å². The van der Waals surface area contributed by atoms with Gasteiger partial charge in [0.15, 0.2) is 6.29 Å². The Bertz CT molecular complexity index is 593. The third-order valence-electron chi connectivity index (χ3n) is 2.79. The van der Waals surface area contributed by atoms with Gasteiger partial charge in [0.25, 0.3) is 0 Å². The van der Waals surface area contributed by atoms with Crippen molar-refractivity contribution in [3.8, 4) is 0 Å². The van der Waals surface area contributed by atoms with Crippen LogP contribution < -0.4 is 21.3 Å². The zero-order valence-corrected chi connectivity index (χ0v) is 12.8. The molecule has 0 spiro atoms. The summed E-state index contributed by atoms with van der Waals surface area (Å²) in [5.41, 5.74) is 7.18. The van der Waals surface area contributed by atoms with Crippen molar-refractivity contribution in [2.75, 3.05) is 5.01 Å². The van der Waals surface area contributed by atoms with E-state index >= 15 is 0 Å². The van der Waals surface area contributed by atoms with Crippen LogP contribution in [0, 0.1) is 0 Å². The monoisotopic (exact) mass is 304 g/mol. The van der Waals surface area contributed by atoms with Gasteiger partial charge in [-0.05, 0) is 32.4 Å². The standard InChI is InChI=1S/C15H20N4O3/c1-15(2,3)22-14(21)16-8-11-6-4-5-7-13(11)19-9-12(10-20)17-18-19/h4-7,9-10,17-18H,8H2,1-3H3,(H,16,21). The molecule has 0 unspecified atom stereocenters. The average molecular weight is 304 g/mol. The van der Waals surface area contributed by atoms with E-state index in [1.54, 1.807) is 11.2 Å². The predicted molar refractivity (Wildman–Crippen MR) is 82.4 cm³/mol. The summed E-state index contributed by atoms with van der Waals surface area (Å²) in [5.74, 6) is 0. The van der Waals surface area contributed by atoms with E-state index < -0.39 is 11.7 Å². The molecule has 2 rings (SSSR count). The lowest BCUT2D eigenvalue weighted by Gasteiger charge is -2.21. The first-order chi connectivity index (χ1) is 10.4. The number of para-hydroxylation sites is 1. The van der Waals surface area contributed by atoms with Crippen molar-refractivity contribution in [2.24, 2.45) is 0 Å². The van der Waals surface area contributed by atoms with E-state index in [1.807, 2.05) is 45.0 Å². The topological polar surface area (TPSA) is 82.7 Å². The van der Waals surface area contributed by atoms with Crippen LogP contribution in [0.4, 0.5) is 10.5 Å². The minimum atomic E-state index is -0.536. The summed E-state index contributed by atoms with van der Waals surface area (Å²) in [4.78, 5) is 22.5. The van der Waals surface area contributed by atoms with Crippen LogP contribution >= 0.6 is 0 Å². The third-order valence-corrected chi connectivity index (χ3v) is 2.79. The van der Waals surface area contributed by atoms with Gasteiger partial charge in [0.2, 0.25) is 0 Å². The molecular formula is C15H20N4O3. The van der Waals surface area contributed by atoms with Gasteiger partial charge < -0.3 is 10.1 Å². The van der Waals surface area contributed by atoms with Crippen molar-refractivity contribution in [1.82, 2.24) is 16.3 Å². The van der Waals surface area contributed by atoms with Crippen LogP contribution in [0.3, 0.4) is 0 Å². The highest BCUT2D eigenvalue weighted by molar-refractivity contribution is 5.75. The van der Waals surface area contributed by atoms with Gasteiger partial charge >= 0.3 is 6.09 Å². The van der Waals surface area contributed by atoms with Gasteiger partial charge in [-0.15, -0.1) is 5.53 Å². The minimum absolute atomic E-state index is 0.313. The highest BCUT2D eigenvalue weighted by atomic mass is 16.6. The van der Waals surface area contributed by atoms with E-state index in [0.717, 1.165) is 11.3 Å². The van der Waals surface area contributed by atoms with Crippen LogP contribution in [0.15, 0.2) is 36.2 Å². The smallest absolute Gasteiger partial charge is 0.407 e. The number of allylic oxidation sites excluding steroid dienone is 1. The van der Waals surface area contributed by atoms with Crippen molar-refractivity contribution in [3.63, 3.8) is 0 Å². The van der Waals surface area contributed by atoms with E-state index in [1.165, 1.54) is 0 Å². The number of nitrogens with one attached hydrogen (secondary N) is 3. The van der Waals surface area contributed by atoms with E-state index in [4.69, 9.17) is 4.74 Å². The molecule has 1 aromatic rings. The van der Waals surface area contributed by atoms with Crippen LogP contribution in [0.2, 0.25) is 0 Å². The number of aldehydes is 1. The molecular weight excluding hydrogens is 284 g/mol. The first-order valence-corrected chi connectivity index (χ1v) is 6.92. The Kier molecular flexibility index (Phi) is 4.67. The number of nitrogens with zero attached hydrogens (tertiary/aromatic N) is 1.